The Morgan fingerprint density at radius 1 is 1.04 bits per heavy atom. The van der Waals surface area contributed by atoms with Crippen molar-refractivity contribution in [1.82, 2.24) is 9.88 Å². The van der Waals surface area contributed by atoms with Gasteiger partial charge in [-0.2, -0.15) is 0 Å². The van der Waals surface area contributed by atoms with Crippen molar-refractivity contribution in [3.8, 4) is 0 Å². The van der Waals surface area contributed by atoms with Crippen molar-refractivity contribution in [2.24, 2.45) is 0 Å². The van der Waals surface area contributed by atoms with Gasteiger partial charge in [0, 0.05) is 24.3 Å². The molecule has 0 spiro atoms. The molecule has 1 aromatic heterocycles. The number of hydrogen-bond acceptors (Lipinski definition) is 4. The van der Waals surface area contributed by atoms with Crippen LogP contribution in [0.4, 0.5) is 0 Å². The zero-order valence-corrected chi connectivity index (χ0v) is 16.4. The molecule has 0 saturated carbocycles. The Balaban J connectivity index is 1.39. The Morgan fingerprint density at radius 3 is 2.38 bits per heavy atom. The molecule has 0 radical (unpaired) electrons. The highest BCUT2D eigenvalue weighted by molar-refractivity contribution is 6.47. The van der Waals surface area contributed by atoms with Crippen molar-refractivity contribution in [2.45, 2.75) is 64.1 Å². The van der Waals surface area contributed by atoms with Gasteiger partial charge in [-0.1, -0.05) is 24.3 Å². The van der Waals surface area contributed by atoms with E-state index in [-0.39, 0.29) is 18.3 Å². The van der Waals surface area contributed by atoms with Gasteiger partial charge in [0.2, 0.25) is 0 Å². The van der Waals surface area contributed by atoms with Gasteiger partial charge in [0.15, 0.2) is 0 Å². The number of benzene rings is 1. The fourth-order valence-corrected chi connectivity index (χ4v) is 4.01. The van der Waals surface area contributed by atoms with Crippen LogP contribution in [0.15, 0.2) is 36.7 Å². The van der Waals surface area contributed by atoms with E-state index in [1.165, 1.54) is 16.3 Å². The second kappa shape index (κ2) is 6.63. The predicted octanol–water partition coefficient (Wildman–Crippen LogP) is 4.29. The van der Waals surface area contributed by atoms with Crippen LogP contribution in [0, 0.1) is 0 Å². The summed E-state index contributed by atoms with van der Waals surface area (Å²) in [5, 5.41) is 2.53. The molecule has 1 aromatic carbocycles. The summed E-state index contributed by atoms with van der Waals surface area (Å²) in [5.41, 5.74) is 0.851. The number of aromatic nitrogens is 1. The molecule has 2 aliphatic heterocycles. The third-order valence-corrected chi connectivity index (χ3v) is 6.43. The molecule has 0 aliphatic carbocycles. The molecule has 2 fully saturated rings. The lowest BCUT2D eigenvalue weighted by Crippen LogP contribution is -2.41. The highest BCUT2D eigenvalue weighted by atomic mass is 16.7. The van der Waals surface area contributed by atoms with Gasteiger partial charge in [-0.25, -0.2) is 0 Å². The van der Waals surface area contributed by atoms with Gasteiger partial charge in [-0.05, 0) is 70.4 Å². The number of nitrogens with zero attached hydrogens (tertiary/aromatic N) is 2. The lowest BCUT2D eigenvalue weighted by atomic mass is 9.67. The zero-order chi connectivity index (χ0) is 18.4. The maximum absolute atomic E-state index is 6.26. The fraction of sp³-hybridized carbons (Fsp3) is 0.571. The molecule has 0 N–H and O–H groups in total. The number of rotatable bonds is 3. The van der Waals surface area contributed by atoms with Crippen molar-refractivity contribution >= 4 is 17.9 Å². The summed E-state index contributed by atoms with van der Waals surface area (Å²) in [6, 6.07) is 8.51. The first-order valence-corrected chi connectivity index (χ1v) is 9.75. The first-order valence-electron chi connectivity index (χ1n) is 9.75. The molecule has 0 amide bonds. The average molecular weight is 352 g/mol. The van der Waals surface area contributed by atoms with Crippen molar-refractivity contribution < 1.29 is 9.31 Å². The standard InChI is InChI=1S/C21H29BN2O2/c1-20(2)21(3,4)26-22(25-20)18-9-11-24(12-10-18)15-17-14-23-13-16-7-5-6-8-19(16)17/h5-8,13-14,18H,9-12,15H2,1-4H3. The van der Waals surface area contributed by atoms with Crippen LogP contribution in [0.1, 0.15) is 46.1 Å². The Kier molecular flexibility index (Phi) is 4.58. The predicted molar refractivity (Wildman–Crippen MR) is 106 cm³/mol. The molecule has 0 unspecified atom stereocenters. The van der Waals surface area contributed by atoms with Gasteiger partial charge in [-0.3, -0.25) is 9.88 Å². The van der Waals surface area contributed by atoms with E-state index in [1.54, 1.807) is 0 Å². The maximum atomic E-state index is 6.26. The summed E-state index contributed by atoms with van der Waals surface area (Å²) < 4.78 is 12.5. The average Bonchev–Trinajstić information content (AvgIpc) is 2.84. The van der Waals surface area contributed by atoms with Crippen LogP contribution in [-0.4, -0.2) is 41.3 Å². The smallest absolute Gasteiger partial charge is 0.403 e. The fourth-order valence-electron chi connectivity index (χ4n) is 4.01. The topological polar surface area (TPSA) is 34.6 Å². The number of fused-ring (bicyclic) bond motifs is 1. The van der Waals surface area contributed by atoms with Gasteiger partial charge < -0.3 is 9.31 Å². The minimum absolute atomic E-state index is 0.0682. The van der Waals surface area contributed by atoms with Crippen molar-refractivity contribution in [3.63, 3.8) is 0 Å². The van der Waals surface area contributed by atoms with E-state index in [1.807, 2.05) is 12.4 Å². The third kappa shape index (κ3) is 3.28. The molecule has 4 rings (SSSR count). The minimum atomic E-state index is -0.233. The van der Waals surface area contributed by atoms with Crippen LogP contribution >= 0.6 is 0 Å². The molecule has 0 bridgehead atoms. The monoisotopic (exact) mass is 352 g/mol. The maximum Gasteiger partial charge on any atom is 0.461 e. The van der Waals surface area contributed by atoms with Gasteiger partial charge in [0.05, 0.1) is 11.2 Å². The Morgan fingerprint density at radius 2 is 1.69 bits per heavy atom. The summed E-state index contributed by atoms with van der Waals surface area (Å²) in [6.07, 6.45) is 6.20. The number of hydrogen-bond donors (Lipinski definition) is 0. The lowest BCUT2D eigenvalue weighted by molar-refractivity contribution is 0.00578. The van der Waals surface area contributed by atoms with Crippen molar-refractivity contribution in [2.75, 3.05) is 13.1 Å². The molecule has 2 aromatic rings. The SMILES string of the molecule is CC1(C)OB(C2CCN(Cc3cncc4ccccc34)CC2)OC1(C)C. The van der Waals surface area contributed by atoms with Crippen LogP contribution in [0.2, 0.25) is 5.82 Å². The summed E-state index contributed by atoms with van der Waals surface area (Å²) in [5.74, 6) is 0.484. The Bertz CT molecular complexity index is 763. The third-order valence-electron chi connectivity index (χ3n) is 6.43. The molecule has 26 heavy (non-hydrogen) atoms. The first kappa shape index (κ1) is 18.0. The first-order chi connectivity index (χ1) is 12.4. The Hall–Kier alpha value is -1.43. The summed E-state index contributed by atoms with van der Waals surface area (Å²) in [6.45, 7) is 11.7. The largest absolute Gasteiger partial charge is 0.461 e. The van der Waals surface area contributed by atoms with Gasteiger partial charge in [0.25, 0.3) is 0 Å². The van der Waals surface area contributed by atoms with Gasteiger partial charge in [-0.15, -0.1) is 0 Å². The molecule has 5 heteroatoms. The number of pyridine rings is 1. The molecular formula is C21H29BN2O2. The molecule has 4 nitrogen and oxygen atoms in total. The highest BCUT2D eigenvalue weighted by Crippen LogP contribution is 2.42. The van der Waals surface area contributed by atoms with Crippen LogP contribution < -0.4 is 0 Å². The van der Waals surface area contributed by atoms with E-state index < -0.39 is 0 Å². The van der Waals surface area contributed by atoms with E-state index in [0.717, 1.165) is 32.5 Å². The summed E-state index contributed by atoms with van der Waals surface area (Å²) in [4.78, 5) is 6.95. The molecule has 2 saturated heterocycles. The van der Waals surface area contributed by atoms with Crippen LogP contribution in [-0.2, 0) is 15.9 Å². The number of piperidine rings is 1. The van der Waals surface area contributed by atoms with Crippen molar-refractivity contribution in [1.29, 1.82) is 0 Å². The van der Waals surface area contributed by atoms with Crippen LogP contribution in [0.25, 0.3) is 10.8 Å². The highest BCUT2D eigenvalue weighted by Gasteiger charge is 2.53. The zero-order valence-electron chi connectivity index (χ0n) is 16.4. The molecule has 138 valence electrons. The van der Waals surface area contributed by atoms with E-state index in [0.29, 0.717) is 5.82 Å². The summed E-state index contributed by atoms with van der Waals surface area (Å²) in [7, 11) is -0.0682. The van der Waals surface area contributed by atoms with Crippen LogP contribution in [0.3, 0.4) is 0 Å². The van der Waals surface area contributed by atoms with E-state index >= 15 is 0 Å². The Labute approximate surface area is 157 Å². The number of likely N-dealkylation sites (tertiary alicyclic amines) is 1. The minimum Gasteiger partial charge on any atom is -0.403 e. The van der Waals surface area contributed by atoms with Gasteiger partial charge >= 0.3 is 7.12 Å². The summed E-state index contributed by atoms with van der Waals surface area (Å²) >= 11 is 0. The van der Waals surface area contributed by atoms with E-state index in [4.69, 9.17) is 9.31 Å². The van der Waals surface area contributed by atoms with Crippen LogP contribution in [0.5, 0.6) is 0 Å². The molecule has 3 heterocycles. The van der Waals surface area contributed by atoms with Crippen molar-refractivity contribution in [3.05, 3.63) is 42.2 Å². The van der Waals surface area contributed by atoms with Gasteiger partial charge in [0.1, 0.15) is 0 Å². The quantitative estimate of drug-likeness (QED) is 0.772. The van der Waals surface area contributed by atoms with E-state index in [9.17, 15) is 0 Å². The molecule has 2 aliphatic rings. The lowest BCUT2D eigenvalue weighted by Gasteiger charge is -2.32. The molecule has 0 atom stereocenters. The van der Waals surface area contributed by atoms with E-state index in [2.05, 4.69) is 61.8 Å². The second-order valence-electron chi connectivity index (χ2n) is 8.76. The molecular weight excluding hydrogens is 323 g/mol. The normalized spacial score (nSPS) is 23.6. The second-order valence-corrected chi connectivity index (χ2v) is 8.76.